The number of hydrogen-bond acceptors (Lipinski definition) is 6. The van der Waals surface area contributed by atoms with Crippen molar-refractivity contribution in [2.24, 2.45) is 13.0 Å². The molecule has 8 heteroatoms. The van der Waals surface area contributed by atoms with Crippen LogP contribution in [0.2, 0.25) is 0 Å². The summed E-state index contributed by atoms with van der Waals surface area (Å²) in [5, 5.41) is 20.0. The Morgan fingerprint density at radius 2 is 1.88 bits per heavy atom. The van der Waals surface area contributed by atoms with Gasteiger partial charge in [-0.3, -0.25) is 9.59 Å². The van der Waals surface area contributed by atoms with Crippen molar-refractivity contribution in [2.75, 3.05) is 6.61 Å². The molecule has 0 amide bonds. The number of aromatic nitrogens is 3. The molecule has 184 valence electrons. The number of ether oxygens (including phenoxy) is 1. The van der Waals surface area contributed by atoms with Crippen LogP contribution >= 0.6 is 0 Å². The lowest BCUT2D eigenvalue weighted by atomic mass is 9.95. The Bertz CT molecular complexity index is 1200. The third-order valence-corrected chi connectivity index (χ3v) is 6.06. The summed E-state index contributed by atoms with van der Waals surface area (Å²) < 4.78 is 8.82. The van der Waals surface area contributed by atoms with Crippen LogP contribution in [0.4, 0.5) is 0 Å². The number of carbonyl (C=O) groups excluding carboxylic acids is 1. The SMILES string of the molecule is Cc1cc(-c2nc3cc(CC[C@H](C(=O)OC(C)C)[C@@H](C)O)ccc3n2[C@H](C)CO)cn(C)c1=O. The molecule has 2 heterocycles. The summed E-state index contributed by atoms with van der Waals surface area (Å²) in [4.78, 5) is 29.4. The Balaban J connectivity index is 1.98. The Hall–Kier alpha value is -2.97. The first kappa shape index (κ1) is 25.6. The van der Waals surface area contributed by atoms with Crippen molar-refractivity contribution in [3.05, 3.63) is 51.9 Å². The molecule has 2 N–H and O–H groups in total. The van der Waals surface area contributed by atoms with Crippen LogP contribution in [0.1, 0.15) is 51.3 Å². The lowest BCUT2D eigenvalue weighted by Gasteiger charge is -2.20. The summed E-state index contributed by atoms with van der Waals surface area (Å²) in [5.74, 6) is -0.316. The fourth-order valence-corrected chi connectivity index (χ4v) is 4.23. The quantitative estimate of drug-likeness (QED) is 0.466. The first-order valence-corrected chi connectivity index (χ1v) is 11.7. The highest BCUT2D eigenvalue weighted by Crippen LogP contribution is 2.29. The largest absolute Gasteiger partial charge is 0.463 e. The lowest BCUT2D eigenvalue weighted by molar-refractivity contribution is -0.156. The van der Waals surface area contributed by atoms with E-state index in [-0.39, 0.29) is 30.3 Å². The molecule has 3 aromatic rings. The fourth-order valence-electron chi connectivity index (χ4n) is 4.23. The van der Waals surface area contributed by atoms with E-state index in [0.29, 0.717) is 24.2 Å². The normalized spacial score (nSPS) is 14.4. The van der Waals surface area contributed by atoms with Gasteiger partial charge in [-0.1, -0.05) is 6.07 Å². The average Bonchev–Trinajstić information content (AvgIpc) is 3.14. The van der Waals surface area contributed by atoms with Crippen molar-refractivity contribution in [3.8, 4) is 11.4 Å². The number of aryl methyl sites for hydroxylation is 3. The van der Waals surface area contributed by atoms with E-state index in [1.54, 1.807) is 40.9 Å². The first-order chi connectivity index (χ1) is 16.0. The molecule has 0 aliphatic carbocycles. The first-order valence-electron chi connectivity index (χ1n) is 11.7. The third kappa shape index (κ3) is 5.39. The molecule has 0 radical (unpaired) electrons. The number of pyridine rings is 1. The number of carbonyl (C=O) groups is 1. The molecule has 3 rings (SSSR count). The van der Waals surface area contributed by atoms with Crippen LogP contribution in [0.5, 0.6) is 0 Å². The van der Waals surface area contributed by atoms with E-state index in [1.807, 2.05) is 35.8 Å². The predicted molar refractivity (Wildman–Crippen MR) is 132 cm³/mol. The number of rotatable bonds is 9. The van der Waals surface area contributed by atoms with Crippen molar-refractivity contribution >= 4 is 17.0 Å². The second-order valence-electron chi connectivity index (χ2n) is 9.36. The van der Waals surface area contributed by atoms with E-state index >= 15 is 0 Å². The summed E-state index contributed by atoms with van der Waals surface area (Å²) in [7, 11) is 1.71. The van der Waals surface area contributed by atoms with Gasteiger partial charge < -0.3 is 24.1 Å². The van der Waals surface area contributed by atoms with Gasteiger partial charge in [-0.25, -0.2) is 4.98 Å². The molecule has 0 saturated carbocycles. The highest BCUT2D eigenvalue weighted by molar-refractivity contribution is 5.81. The molecule has 34 heavy (non-hydrogen) atoms. The number of aliphatic hydroxyl groups is 2. The summed E-state index contributed by atoms with van der Waals surface area (Å²) in [5.41, 5.74) is 3.97. The number of imidazole rings is 1. The van der Waals surface area contributed by atoms with Crippen molar-refractivity contribution in [3.63, 3.8) is 0 Å². The molecular formula is C26H35N3O5. The zero-order chi connectivity index (χ0) is 25.2. The van der Waals surface area contributed by atoms with Crippen molar-refractivity contribution < 1.29 is 19.7 Å². The van der Waals surface area contributed by atoms with E-state index in [0.717, 1.165) is 22.2 Å². The Morgan fingerprint density at radius 3 is 2.47 bits per heavy atom. The minimum atomic E-state index is -0.806. The van der Waals surface area contributed by atoms with E-state index in [4.69, 9.17) is 9.72 Å². The predicted octanol–water partition coefficient (Wildman–Crippen LogP) is 3.14. The summed E-state index contributed by atoms with van der Waals surface area (Å²) in [6.45, 7) is 8.82. The van der Waals surface area contributed by atoms with Gasteiger partial charge >= 0.3 is 5.97 Å². The minimum Gasteiger partial charge on any atom is -0.463 e. The van der Waals surface area contributed by atoms with Gasteiger partial charge in [-0.05, 0) is 71.2 Å². The number of hydrogen-bond donors (Lipinski definition) is 2. The average molecular weight is 470 g/mol. The van der Waals surface area contributed by atoms with Gasteiger partial charge in [0.1, 0.15) is 5.82 Å². The van der Waals surface area contributed by atoms with Crippen LogP contribution in [0.3, 0.4) is 0 Å². The smallest absolute Gasteiger partial charge is 0.311 e. The highest BCUT2D eigenvalue weighted by Gasteiger charge is 2.26. The number of esters is 1. The molecular weight excluding hydrogens is 434 g/mol. The molecule has 0 unspecified atom stereocenters. The summed E-state index contributed by atoms with van der Waals surface area (Å²) in [6.07, 6.45) is 1.75. The van der Waals surface area contributed by atoms with Gasteiger partial charge in [-0.2, -0.15) is 0 Å². The third-order valence-electron chi connectivity index (χ3n) is 6.06. The topological polar surface area (TPSA) is 107 Å². The van der Waals surface area contributed by atoms with Crippen LogP contribution < -0.4 is 5.56 Å². The standard InChI is InChI=1S/C26H35N3O5/c1-15(2)34-26(33)21(18(5)31)9-7-19-8-10-23-22(12-19)27-24(29(23)17(4)14-30)20-11-16(3)25(32)28(6)13-20/h8,10-13,15,17-18,21,30-31H,7,9,14H2,1-6H3/t17-,18-,21+/m1/s1. The lowest BCUT2D eigenvalue weighted by Crippen LogP contribution is -2.30. The molecule has 0 bridgehead atoms. The van der Waals surface area contributed by atoms with Gasteiger partial charge in [0.2, 0.25) is 0 Å². The number of benzene rings is 1. The maximum atomic E-state index is 12.4. The maximum absolute atomic E-state index is 12.4. The van der Waals surface area contributed by atoms with Crippen molar-refractivity contribution in [1.29, 1.82) is 0 Å². The van der Waals surface area contributed by atoms with Crippen LogP contribution in [-0.2, 0) is 23.0 Å². The van der Waals surface area contributed by atoms with Crippen LogP contribution in [-0.4, -0.2) is 49.1 Å². The van der Waals surface area contributed by atoms with Crippen molar-refractivity contribution in [1.82, 2.24) is 14.1 Å². The van der Waals surface area contributed by atoms with Crippen LogP contribution in [0.25, 0.3) is 22.4 Å². The molecule has 0 spiro atoms. The van der Waals surface area contributed by atoms with Crippen LogP contribution in [0.15, 0.2) is 35.3 Å². The molecule has 3 atom stereocenters. The zero-order valence-electron chi connectivity index (χ0n) is 20.8. The Labute approximate surface area is 199 Å². The van der Waals surface area contributed by atoms with E-state index < -0.39 is 12.0 Å². The zero-order valence-corrected chi connectivity index (χ0v) is 20.8. The number of fused-ring (bicyclic) bond motifs is 1. The molecule has 8 nitrogen and oxygen atoms in total. The van der Waals surface area contributed by atoms with E-state index in [2.05, 4.69) is 0 Å². The van der Waals surface area contributed by atoms with Gasteiger partial charge in [-0.15, -0.1) is 0 Å². The summed E-state index contributed by atoms with van der Waals surface area (Å²) in [6, 6.07) is 7.52. The van der Waals surface area contributed by atoms with Crippen molar-refractivity contribution in [2.45, 2.75) is 65.7 Å². The number of nitrogens with zero attached hydrogens (tertiary/aromatic N) is 3. The fraction of sp³-hybridized carbons (Fsp3) is 0.500. The summed E-state index contributed by atoms with van der Waals surface area (Å²) >= 11 is 0. The molecule has 0 aliphatic heterocycles. The minimum absolute atomic E-state index is 0.0566. The van der Waals surface area contributed by atoms with Gasteiger partial charge in [0.25, 0.3) is 5.56 Å². The number of aliphatic hydroxyl groups excluding tert-OH is 2. The second-order valence-corrected chi connectivity index (χ2v) is 9.36. The molecule has 1 aromatic carbocycles. The molecule has 0 aliphatic rings. The monoisotopic (exact) mass is 469 g/mol. The van der Waals surface area contributed by atoms with E-state index in [1.165, 1.54) is 4.57 Å². The van der Waals surface area contributed by atoms with Gasteiger partial charge in [0.15, 0.2) is 0 Å². The van der Waals surface area contributed by atoms with Crippen LogP contribution in [0, 0.1) is 12.8 Å². The maximum Gasteiger partial charge on any atom is 0.311 e. The second kappa shape index (κ2) is 10.5. The molecule has 0 fully saturated rings. The molecule has 2 aromatic heterocycles. The van der Waals surface area contributed by atoms with E-state index in [9.17, 15) is 19.8 Å². The Kier molecular flexibility index (Phi) is 7.94. The van der Waals surface area contributed by atoms with Gasteiger partial charge in [0.05, 0.1) is 41.8 Å². The molecule has 0 saturated heterocycles. The highest BCUT2D eigenvalue weighted by atomic mass is 16.5. The van der Waals surface area contributed by atoms with Gasteiger partial charge in [0, 0.05) is 24.4 Å². The Morgan fingerprint density at radius 1 is 1.18 bits per heavy atom.